The van der Waals surface area contributed by atoms with Crippen LogP contribution in [0.4, 0.5) is 0 Å². The number of benzene rings is 1. The quantitative estimate of drug-likeness (QED) is 0.817. The van der Waals surface area contributed by atoms with Crippen LogP contribution < -0.4 is 5.32 Å². The number of hydrogen-bond donors (Lipinski definition) is 2. The summed E-state index contributed by atoms with van der Waals surface area (Å²) in [5, 5.41) is 15.2. The molecule has 0 radical (unpaired) electrons. The van der Waals surface area contributed by atoms with Crippen LogP contribution in [-0.2, 0) is 0 Å². The molecule has 0 aromatic heterocycles. The van der Waals surface area contributed by atoms with Gasteiger partial charge in [0.25, 0.3) is 0 Å². The summed E-state index contributed by atoms with van der Waals surface area (Å²) >= 11 is 6.08. The lowest BCUT2D eigenvalue weighted by Gasteiger charge is -2.48. The molecule has 1 heterocycles. The maximum atomic E-state index is 10.8. The smallest absolute Gasteiger partial charge is 0.0706 e. The standard InChI is InChI=1S/C15H20ClNO/c16-12-5-3-4-11(10-12)14-13-6-1-2-7-15(13,18)8-9-17-14/h3-5,10,13-14,17-18H,1-2,6-9H2/t13-,14-,15+/m0/s1. The molecular formula is C15H20ClNO. The van der Waals surface area contributed by atoms with E-state index in [9.17, 15) is 5.11 Å². The van der Waals surface area contributed by atoms with Gasteiger partial charge in [-0.05, 0) is 43.5 Å². The number of aliphatic hydroxyl groups is 1. The largest absolute Gasteiger partial charge is 0.389 e. The molecule has 0 spiro atoms. The van der Waals surface area contributed by atoms with Crippen molar-refractivity contribution in [2.45, 2.75) is 43.7 Å². The van der Waals surface area contributed by atoms with E-state index in [1.807, 2.05) is 18.2 Å². The van der Waals surface area contributed by atoms with Crippen LogP contribution >= 0.6 is 11.6 Å². The molecule has 2 fully saturated rings. The van der Waals surface area contributed by atoms with Gasteiger partial charge in [0.2, 0.25) is 0 Å². The first-order valence-corrected chi connectivity index (χ1v) is 7.28. The Morgan fingerprint density at radius 3 is 3.00 bits per heavy atom. The lowest BCUT2D eigenvalue weighted by molar-refractivity contribution is -0.0861. The maximum Gasteiger partial charge on any atom is 0.0706 e. The molecule has 1 aromatic carbocycles. The molecule has 1 saturated heterocycles. The van der Waals surface area contributed by atoms with E-state index in [2.05, 4.69) is 11.4 Å². The highest BCUT2D eigenvalue weighted by Crippen LogP contribution is 2.45. The molecule has 1 aliphatic heterocycles. The molecule has 3 rings (SSSR count). The zero-order chi connectivity index (χ0) is 12.6. The van der Waals surface area contributed by atoms with Gasteiger partial charge >= 0.3 is 0 Å². The summed E-state index contributed by atoms with van der Waals surface area (Å²) < 4.78 is 0. The second-order valence-corrected chi connectivity index (χ2v) is 6.13. The Morgan fingerprint density at radius 1 is 1.28 bits per heavy atom. The van der Waals surface area contributed by atoms with Gasteiger partial charge in [-0.2, -0.15) is 0 Å². The first kappa shape index (κ1) is 12.5. The fourth-order valence-corrected chi connectivity index (χ4v) is 3.87. The van der Waals surface area contributed by atoms with Crippen LogP contribution in [0.2, 0.25) is 5.02 Å². The summed E-state index contributed by atoms with van der Waals surface area (Å²) in [5.41, 5.74) is 0.753. The number of piperidine rings is 1. The summed E-state index contributed by atoms with van der Waals surface area (Å²) in [6.07, 6.45) is 5.34. The Balaban J connectivity index is 1.91. The summed E-state index contributed by atoms with van der Waals surface area (Å²) in [7, 11) is 0. The molecule has 98 valence electrons. The third kappa shape index (κ3) is 2.18. The maximum absolute atomic E-state index is 10.8. The fourth-order valence-electron chi connectivity index (χ4n) is 3.67. The fraction of sp³-hybridized carbons (Fsp3) is 0.600. The molecule has 0 amide bonds. The zero-order valence-electron chi connectivity index (χ0n) is 10.5. The third-order valence-corrected chi connectivity index (χ3v) is 4.83. The summed E-state index contributed by atoms with van der Waals surface area (Å²) in [6, 6.07) is 8.29. The molecule has 18 heavy (non-hydrogen) atoms. The Morgan fingerprint density at radius 2 is 2.17 bits per heavy atom. The molecule has 1 aromatic rings. The monoisotopic (exact) mass is 265 g/mol. The number of fused-ring (bicyclic) bond motifs is 1. The van der Waals surface area contributed by atoms with E-state index in [4.69, 9.17) is 11.6 Å². The van der Waals surface area contributed by atoms with E-state index in [1.54, 1.807) is 0 Å². The summed E-state index contributed by atoms with van der Waals surface area (Å²) in [6.45, 7) is 0.893. The second-order valence-electron chi connectivity index (χ2n) is 5.69. The molecule has 3 atom stereocenters. The van der Waals surface area contributed by atoms with Crippen LogP contribution in [0.15, 0.2) is 24.3 Å². The van der Waals surface area contributed by atoms with Crippen molar-refractivity contribution in [1.82, 2.24) is 5.32 Å². The highest BCUT2D eigenvalue weighted by molar-refractivity contribution is 6.30. The molecule has 0 unspecified atom stereocenters. The minimum absolute atomic E-state index is 0.253. The van der Waals surface area contributed by atoms with E-state index in [0.29, 0.717) is 5.92 Å². The van der Waals surface area contributed by atoms with Crippen molar-refractivity contribution in [3.63, 3.8) is 0 Å². The number of hydrogen-bond acceptors (Lipinski definition) is 2. The lowest BCUT2D eigenvalue weighted by atomic mass is 9.67. The third-order valence-electron chi connectivity index (χ3n) is 4.60. The van der Waals surface area contributed by atoms with Crippen molar-refractivity contribution < 1.29 is 5.11 Å². The van der Waals surface area contributed by atoms with Gasteiger partial charge in [0.1, 0.15) is 0 Å². The minimum Gasteiger partial charge on any atom is -0.389 e. The second kappa shape index (κ2) is 4.84. The molecule has 2 nitrogen and oxygen atoms in total. The predicted molar refractivity (Wildman–Crippen MR) is 73.7 cm³/mol. The molecule has 0 bridgehead atoms. The Hall–Kier alpha value is -0.570. The van der Waals surface area contributed by atoms with Gasteiger partial charge in [-0.15, -0.1) is 0 Å². The van der Waals surface area contributed by atoms with Crippen LogP contribution in [0, 0.1) is 5.92 Å². The van der Waals surface area contributed by atoms with Crippen molar-refractivity contribution in [3.8, 4) is 0 Å². The molecule has 3 heteroatoms. The number of halogens is 1. The van der Waals surface area contributed by atoms with Crippen molar-refractivity contribution in [1.29, 1.82) is 0 Å². The molecule has 2 aliphatic rings. The first-order chi connectivity index (χ1) is 8.69. The van der Waals surface area contributed by atoms with Crippen LogP contribution in [0.3, 0.4) is 0 Å². The highest BCUT2D eigenvalue weighted by Gasteiger charge is 2.45. The molecule has 2 N–H and O–H groups in total. The van der Waals surface area contributed by atoms with Crippen molar-refractivity contribution in [3.05, 3.63) is 34.9 Å². The van der Waals surface area contributed by atoms with Gasteiger partial charge in [-0.1, -0.05) is 36.6 Å². The topological polar surface area (TPSA) is 32.3 Å². The van der Waals surface area contributed by atoms with E-state index in [0.717, 1.165) is 37.3 Å². The molecule has 1 aliphatic carbocycles. The molecular weight excluding hydrogens is 246 g/mol. The number of nitrogens with one attached hydrogen (secondary N) is 1. The average Bonchev–Trinajstić information content (AvgIpc) is 2.37. The van der Waals surface area contributed by atoms with Crippen LogP contribution in [0.5, 0.6) is 0 Å². The first-order valence-electron chi connectivity index (χ1n) is 6.90. The number of rotatable bonds is 1. The van der Waals surface area contributed by atoms with Crippen molar-refractivity contribution in [2.75, 3.05) is 6.54 Å². The van der Waals surface area contributed by atoms with Gasteiger partial charge in [0.05, 0.1) is 5.60 Å². The predicted octanol–water partition coefficient (Wildman–Crippen LogP) is 3.30. The Bertz CT molecular complexity index is 432. The van der Waals surface area contributed by atoms with Crippen LogP contribution in [0.25, 0.3) is 0 Å². The van der Waals surface area contributed by atoms with Gasteiger partial charge < -0.3 is 10.4 Å². The zero-order valence-corrected chi connectivity index (χ0v) is 11.3. The van der Waals surface area contributed by atoms with Crippen molar-refractivity contribution >= 4 is 11.6 Å². The minimum atomic E-state index is -0.462. The Labute approximate surface area is 113 Å². The highest BCUT2D eigenvalue weighted by atomic mass is 35.5. The lowest BCUT2D eigenvalue weighted by Crippen LogP contribution is -2.53. The van der Waals surface area contributed by atoms with Gasteiger partial charge in [-0.25, -0.2) is 0 Å². The van der Waals surface area contributed by atoms with Crippen molar-refractivity contribution in [2.24, 2.45) is 5.92 Å². The normalized spacial score (nSPS) is 36.1. The molecule has 1 saturated carbocycles. The van der Waals surface area contributed by atoms with E-state index in [1.165, 1.54) is 12.0 Å². The van der Waals surface area contributed by atoms with E-state index in [-0.39, 0.29) is 6.04 Å². The van der Waals surface area contributed by atoms with E-state index >= 15 is 0 Å². The van der Waals surface area contributed by atoms with Gasteiger partial charge in [0.15, 0.2) is 0 Å². The van der Waals surface area contributed by atoms with Gasteiger partial charge in [0, 0.05) is 17.0 Å². The summed E-state index contributed by atoms with van der Waals surface area (Å²) in [5.74, 6) is 0.332. The van der Waals surface area contributed by atoms with Crippen LogP contribution in [0.1, 0.15) is 43.7 Å². The van der Waals surface area contributed by atoms with E-state index < -0.39 is 5.60 Å². The van der Waals surface area contributed by atoms with Gasteiger partial charge in [-0.3, -0.25) is 0 Å². The summed E-state index contributed by atoms with van der Waals surface area (Å²) in [4.78, 5) is 0. The average molecular weight is 266 g/mol. The SMILES string of the molecule is O[C@@]12CCCC[C@H]1[C@H](c1cccc(Cl)c1)NCC2. The van der Waals surface area contributed by atoms with Crippen LogP contribution in [-0.4, -0.2) is 17.3 Å². The Kier molecular flexibility index (Phi) is 3.35.